The smallest absolute Gasteiger partial charge is 0.275 e. The van der Waals surface area contributed by atoms with E-state index in [1.807, 2.05) is 41.8 Å². The molecule has 0 unspecified atom stereocenters. The molecule has 0 saturated carbocycles. The summed E-state index contributed by atoms with van der Waals surface area (Å²) in [5.41, 5.74) is 0.147. The van der Waals surface area contributed by atoms with Gasteiger partial charge in [0.05, 0.1) is 24.7 Å². The molecule has 7 heteroatoms. The van der Waals surface area contributed by atoms with Gasteiger partial charge in [-0.3, -0.25) is 9.59 Å². The summed E-state index contributed by atoms with van der Waals surface area (Å²) in [5.74, 6) is 0.482. The molecule has 0 aliphatic rings. The molecule has 0 N–H and O–H groups in total. The van der Waals surface area contributed by atoms with Gasteiger partial charge in [0.2, 0.25) is 0 Å². The molecule has 4 rings (SSSR count). The Kier molecular flexibility index (Phi) is 6.62. The molecule has 3 heterocycles. The molecule has 1 aromatic carbocycles. The van der Waals surface area contributed by atoms with Gasteiger partial charge in [-0.05, 0) is 36.1 Å². The molecule has 0 aliphatic heterocycles. The van der Waals surface area contributed by atoms with E-state index in [0.717, 1.165) is 24.1 Å². The number of carbonyl (C=O) groups excluding carboxylic acids is 1. The van der Waals surface area contributed by atoms with Gasteiger partial charge in [0, 0.05) is 16.8 Å². The quantitative estimate of drug-likeness (QED) is 0.344. The summed E-state index contributed by atoms with van der Waals surface area (Å²) in [6, 6.07) is 14.8. The van der Waals surface area contributed by atoms with E-state index in [0.29, 0.717) is 41.9 Å². The molecule has 31 heavy (non-hydrogen) atoms. The molecule has 1 amide bonds. The SMILES string of the molecule is CCCCCn1nc(C(=O)N(Cc2ccco2)Cc2cccs2)c2ccccc2c1=O. The molecule has 0 fully saturated rings. The van der Waals surface area contributed by atoms with Crippen LogP contribution in [0.5, 0.6) is 0 Å². The number of carbonyl (C=O) groups is 1. The highest BCUT2D eigenvalue weighted by molar-refractivity contribution is 7.09. The van der Waals surface area contributed by atoms with Gasteiger partial charge in [0.1, 0.15) is 5.76 Å². The van der Waals surface area contributed by atoms with Crippen LogP contribution in [-0.2, 0) is 19.6 Å². The normalized spacial score (nSPS) is 11.1. The first-order valence-electron chi connectivity index (χ1n) is 10.5. The highest BCUT2D eigenvalue weighted by atomic mass is 32.1. The third-order valence-corrected chi connectivity index (χ3v) is 6.05. The van der Waals surface area contributed by atoms with Crippen molar-refractivity contribution in [1.29, 1.82) is 0 Å². The first kappa shape index (κ1) is 21.1. The Bertz CT molecular complexity index is 1160. The van der Waals surface area contributed by atoms with Crippen molar-refractivity contribution < 1.29 is 9.21 Å². The third-order valence-electron chi connectivity index (χ3n) is 5.18. The van der Waals surface area contributed by atoms with Gasteiger partial charge in [0.25, 0.3) is 11.5 Å². The summed E-state index contributed by atoms with van der Waals surface area (Å²) in [7, 11) is 0. The van der Waals surface area contributed by atoms with Gasteiger partial charge in [-0.15, -0.1) is 11.3 Å². The van der Waals surface area contributed by atoms with Crippen LogP contribution in [-0.4, -0.2) is 20.6 Å². The lowest BCUT2D eigenvalue weighted by atomic mass is 10.1. The van der Waals surface area contributed by atoms with Gasteiger partial charge in [-0.1, -0.05) is 44.0 Å². The van der Waals surface area contributed by atoms with Crippen molar-refractivity contribution in [2.24, 2.45) is 0 Å². The Labute approximate surface area is 184 Å². The van der Waals surface area contributed by atoms with Crippen molar-refractivity contribution in [2.75, 3.05) is 0 Å². The highest BCUT2D eigenvalue weighted by Gasteiger charge is 2.23. The molecule has 0 atom stereocenters. The van der Waals surface area contributed by atoms with E-state index in [2.05, 4.69) is 12.0 Å². The topological polar surface area (TPSA) is 68.3 Å². The molecule has 4 aromatic rings. The number of thiophene rings is 1. The number of nitrogens with zero attached hydrogens (tertiary/aromatic N) is 3. The fourth-order valence-corrected chi connectivity index (χ4v) is 4.31. The number of hydrogen-bond acceptors (Lipinski definition) is 5. The Balaban J connectivity index is 1.75. The number of unbranched alkanes of at least 4 members (excludes halogenated alkanes) is 2. The van der Waals surface area contributed by atoms with Crippen molar-refractivity contribution in [3.8, 4) is 0 Å². The van der Waals surface area contributed by atoms with Crippen LogP contribution < -0.4 is 5.56 Å². The number of aromatic nitrogens is 2. The summed E-state index contributed by atoms with van der Waals surface area (Å²) in [4.78, 5) is 29.5. The van der Waals surface area contributed by atoms with Crippen LogP contribution >= 0.6 is 11.3 Å². The molecule has 3 aromatic heterocycles. The van der Waals surface area contributed by atoms with Gasteiger partial charge < -0.3 is 9.32 Å². The Morgan fingerprint density at radius 3 is 2.61 bits per heavy atom. The first-order valence-corrected chi connectivity index (χ1v) is 11.4. The fraction of sp³-hybridized carbons (Fsp3) is 0.292. The maximum atomic E-state index is 13.7. The van der Waals surface area contributed by atoms with E-state index in [-0.39, 0.29) is 11.5 Å². The van der Waals surface area contributed by atoms with E-state index in [4.69, 9.17) is 4.42 Å². The minimum atomic E-state index is -0.217. The molecule has 0 bridgehead atoms. The zero-order valence-corrected chi connectivity index (χ0v) is 18.3. The summed E-state index contributed by atoms with van der Waals surface area (Å²) in [5, 5.41) is 7.63. The van der Waals surface area contributed by atoms with Crippen LogP contribution in [0.15, 0.2) is 69.4 Å². The van der Waals surface area contributed by atoms with Crippen molar-refractivity contribution >= 4 is 28.0 Å². The van der Waals surface area contributed by atoms with E-state index in [1.54, 1.807) is 34.6 Å². The van der Waals surface area contributed by atoms with Crippen molar-refractivity contribution in [1.82, 2.24) is 14.7 Å². The molecule has 0 radical (unpaired) electrons. The van der Waals surface area contributed by atoms with Gasteiger partial charge in [-0.25, -0.2) is 4.68 Å². The van der Waals surface area contributed by atoms with Crippen molar-refractivity contribution in [2.45, 2.75) is 45.8 Å². The monoisotopic (exact) mass is 435 g/mol. The predicted octanol–water partition coefficient (Wildman–Crippen LogP) is 5.08. The largest absolute Gasteiger partial charge is 0.467 e. The summed E-state index contributed by atoms with van der Waals surface area (Å²) >= 11 is 1.60. The molecule has 6 nitrogen and oxygen atoms in total. The van der Waals surface area contributed by atoms with Crippen LogP contribution in [0.25, 0.3) is 10.8 Å². The first-order chi connectivity index (χ1) is 15.2. The minimum Gasteiger partial charge on any atom is -0.467 e. The molecule has 0 saturated heterocycles. The second kappa shape index (κ2) is 9.75. The van der Waals surface area contributed by atoms with E-state index in [9.17, 15) is 9.59 Å². The average molecular weight is 436 g/mol. The number of amides is 1. The van der Waals surface area contributed by atoms with Gasteiger partial charge in [0.15, 0.2) is 5.69 Å². The van der Waals surface area contributed by atoms with Crippen LogP contribution in [0.4, 0.5) is 0 Å². The number of furan rings is 1. The molecular weight excluding hydrogens is 410 g/mol. The number of rotatable bonds is 9. The Hall–Kier alpha value is -3.19. The van der Waals surface area contributed by atoms with E-state index in [1.165, 1.54) is 4.68 Å². The zero-order chi connectivity index (χ0) is 21.6. The fourth-order valence-electron chi connectivity index (χ4n) is 3.59. The molecule has 160 valence electrons. The standard InChI is InChI=1S/C24H25N3O3S/c1-2-3-6-13-27-23(28)21-12-5-4-11-20(21)22(25-27)24(29)26(16-18-9-7-14-30-18)17-19-10-8-15-31-19/h4-5,7-12,14-15H,2-3,6,13,16-17H2,1H3. The summed E-state index contributed by atoms with van der Waals surface area (Å²) in [6.45, 7) is 3.39. The number of aryl methyl sites for hydroxylation is 1. The number of benzene rings is 1. The van der Waals surface area contributed by atoms with Crippen molar-refractivity contribution in [3.63, 3.8) is 0 Å². The highest BCUT2D eigenvalue weighted by Crippen LogP contribution is 2.20. The Morgan fingerprint density at radius 1 is 1.06 bits per heavy atom. The zero-order valence-electron chi connectivity index (χ0n) is 17.5. The second-order valence-electron chi connectivity index (χ2n) is 7.45. The van der Waals surface area contributed by atoms with Crippen LogP contribution in [0.2, 0.25) is 0 Å². The Morgan fingerprint density at radius 2 is 1.90 bits per heavy atom. The average Bonchev–Trinajstić information content (AvgIpc) is 3.49. The maximum absolute atomic E-state index is 13.7. The van der Waals surface area contributed by atoms with Gasteiger partial charge in [-0.2, -0.15) is 5.10 Å². The summed E-state index contributed by atoms with van der Waals surface area (Å²) < 4.78 is 6.94. The predicted molar refractivity (Wildman–Crippen MR) is 122 cm³/mol. The van der Waals surface area contributed by atoms with Crippen LogP contribution in [0.3, 0.4) is 0 Å². The van der Waals surface area contributed by atoms with Crippen LogP contribution in [0, 0.1) is 0 Å². The summed E-state index contributed by atoms with van der Waals surface area (Å²) in [6.07, 6.45) is 4.50. The second-order valence-corrected chi connectivity index (χ2v) is 8.48. The van der Waals surface area contributed by atoms with Crippen molar-refractivity contribution in [3.05, 3.63) is 86.9 Å². The maximum Gasteiger partial charge on any atom is 0.275 e. The van der Waals surface area contributed by atoms with Gasteiger partial charge >= 0.3 is 0 Å². The lowest BCUT2D eigenvalue weighted by Gasteiger charge is -2.22. The molecule has 0 spiro atoms. The van der Waals surface area contributed by atoms with E-state index >= 15 is 0 Å². The van der Waals surface area contributed by atoms with E-state index < -0.39 is 0 Å². The molecule has 0 aliphatic carbocycles. The van der Waals surface area contributed by atoms with Crippen LogP contribution in [0.1, 0.15) is 47.3 Å². The minimum absolute atomic E-state index is 0.154. The lowest BCUT2D eigenvalue weighted by Crippen LogP contribution is -2.33. The third kappa shape index (κ3) is 4.77. The lowest BCUT2D eigenvalue weighted by molar-refractivity contribution is 0.0713. The molecular formula is C24H25N3O3S. The number of fused-ring (bicyclic) bond motifs is 1. The number of hydrogen-bond donors (Lipinski definition) is 0.